The summed E-state index contributed by atoms with van der Waals surface area (Å²) in [6, 6.07) is 3.46. The van der Waals surface area contributed by atoms with E-state index in [1.54, 1.807) is 20.8 Å². The summed E-state index contributed by atoms with van der Waals surface area (Å²) in [6.45, 7) is 5.17. The minimum atomic E-state index is -0.682. The zero-order valence-corrected chi connectivity index (χ0v) is 13.0. The average molecular weight is 321 g/mol. The van der Waals surface area contributed by atoms with E-state index in [4.69, 9.17) is 4.74 Å². The normalized spacial score (nSPS) is 10.6. The van der Waals surface area contributed by atoms with E-state index in [-0.39, 0.29) is 30.2 Å². The number of carbonyl (C=O) groups excluding carboxylic acids is 1. The van der Waals surface area contributed by atoms with Gasteiger partial charge in [0.15, 0.2) is 5.75 Å². The van der Waals surface area contributed by atoms with E-state index in [2.05, 4.69) is 5.10 Å². The number of hydrogen-bond donors (Lipinski definition) is 0. The van der Waals surface area contributed by atoms with Crippen molar-refractivity contribution >= 4 is 11.7 Å². The first kappa shape index (κ1) is 16.6. The standard InChI is InChI=1S/C15H16FN3O4/c1-4-14(20)23-15-9(2)17-18(10(15)3)8-11-5-6-12(19(21)22)7-13(11)16/h5-7H,4,8H2,1-3H3. The summed E-state index contributed by atoms with van der Waals surface area (Å²) in [5.41, 5.74) is 1.06. The van der Waals surface area contributed by atoms with Crippen molar-refractivity contribution in [2.45, 2.75) is 33.7 Å². The Labute approximate surface area is 131 Å². The van der Waals surface area contributed by atoms with Gasteiger partial charge in [-0.2, -0.15) is 5.10 Å². The Morgan fingerprint density at radius 1 is 1.43 bits per heavy atom. The third-order valence-electron chi connectivity index (χ3n) is 3.39. The Kier molecular flexibility index (Phi) is 4.73. The minimum absolute atomic E-state index is 0.0835. The van der Waals surface area contributed by atoms with E-state index < -0.39 is 10.7 Å². The van der Waals surface area contributed by atoms with E-state index in [0.717, 1.165) is 6.07 Å². The quantitative estimate of drug-likeness (QED) is 0.480. The lowest BCUT2D eigenvalue weighted by atomic mass is 10.2. The van der Waals surface area contributed by atoms with Crippen LogP contribution in [0, 0.1) is 29.8 Å². The van der Waals surface area contributed by atoms with Crippen molar-refractivity contribution < 1.29 is 18.8 Å². The third-order valence-corrected chi connectivity index (χ3v) is 3.39. The summed E-state index contributed by atoms with van der Waals surface area (Å²) in [5, 5.41) is 14.9. The molecule has 0 aliphatic rings. The molecule has 0 aliphatic heterocycles. The first-order valence-corrected chi connectivity index (χ1v) is 7.01. The molecular weight excluding hydrogens is 305 g/mol. The van der Waals surface area contributed by atoms with Crippen LogP contribution in [-0.4, -0.2) is 20.7 Å². The summed E-state index contributed by atoms with van der Waals surface area (Å²) >= 11 is 0. The molecular formula is C15H16FN3O4. The average Bonchev–Trinajstić information content (AvgIpc) is 2.76. The second kappa shape index (κ2) is 6.55. The maximum atomic E-state index is 14.0. The van der Waals surface area contributed by atoms with Gasteiger partial charge in [0.05, 0.1) is 23.2 Å². The second-order valence-electron chi connectivity index (χ2n) is 5.02. The molecule has 1 heterocycles. The van der Waals surface area contributed by atoms with Crippen LogP contribution in [0.5, 0.6) is 5.75 Å². The van der Waals surface area contributed by atoms with Gasteiger partial charge in [0.2, 0.25) is 0 Å². The number of aromatic nitrogens is 2. The monoisotopic (exact) mass is 321 g/mol. The molecule has 0 fully saturated rings. The summed E-state index contributed by atoms with van der Waals surface area (Å²) in [5.74, 6) is -0.699. The van der Waals surface area contributed by atoms with Crippen molar-refractivity contribution in [3.63, 3.8) is 0 Å². The molecule has 0 amide bonds. The topological polar surface area (TPSA) is 87.3 Å². The highest BCUT2D eigenvalue weighted by Gasteiger charge is 2.17. The molecule has 0 unspecified atom stereocenters. The van der Waals surface area contributed by atoms with Crippen LogP contribution in [0.1, 0.15) is 30.3 Å². The smallest absolute Gasteiger partial charge is 0.311 e. The number of ether oxygens (including phenoxy) is 1. The first-order chi connectivity index (χ1) is 10.8. The fourth-order valence-electron chi connectivity index (χ4n) is 2.11. The second-order valence-corrected chi connectivity index (χ2v) is 5.02. The number of halogens is 1. The van der Waals surface area contributed by atoms with E-state index >= 15 is 0 Å². The Balaban J connectivity index is 2.29. The molecule has 8 heteroatoms. The van der Waals surface area contributed by atoms with E-state index in [1.807, 2.05) is 0 Å². The first-order valence-electron chi connectivity index (χ1n) is 7.01. The summed E-state index contributed by atoms with van der Waals surface area (Å²) < 4.78 is 20.7. The van der Waals surface area contributed by atoms with Crippen molar-refractivity contribution in [3.8, 4) is 5.75 Å². The zero-order valence-electron chi connectivity index (χ0n) is 13.0. The van der Waals surface area contributed by atoms with Crippen LogP contribution in [0.4, 0.5) is 10.1 Å². The third kappa shape index (κ3) is 3.53. The predicted molar refractivity (Wildman–Crippen MR) is 79.8 cm³/mol. The van der Waals surface area contributed by atoms with Gasteiger partial charge in [0.25, 0.3) is 5.69 Å². The highest BCUT2D eigenvalue weighted by atomic mass is 19.1. The Morgan fingerprint density at radius 2 is 2.13 bits per heavy atom. The fourth-order valence-corrected chi connectivity index (χ4v) is 2.11. The van der Waals surface area contributed by atoms with Gasteiger partial charge in [-0.15, -0.1) is 0 Å². The predicted octanol–water partition coefficient (Wildman–Crippen LogP) is 2.91. The summed E-state index contributed by atoms with van der Waals surface area (Å²) in [6.07, 6.45) is 0.237. The lowest BCUT2D eigenvalue weighted by Gasteiger charge is -2.07. The van der Waals surface area contributed by atoms with Gasteiger partial charge in [0.1, 0.15) is 11.5 Å². The van der Waals surface area contributed by atoms with Crippen LogP contribution < -0.4 is 4.74 Å². The molecule has 0 atom stereocenters. The Bertz CT molecular complexity index is 770. The molecule has 0 radical (unpaired) electrons. The van der Waals surface area contributed by atoms with Crippen molar-refractivity contribution in [1.29, 1.82) is 0 Å². The molecule has 1 aromatic heterocycles. The SMILES string of the molecule is CCC(=O)Oc1c(C)nn(Cc2ccc([N+](=O)[O-])cc2F)c1C. The summed E-state index contributed by atoms with van der Waals surface area (Å²) in [7, 11) is 0. The van der Waals surface area contributed by atoms with Crippen molar-refractivity contribution in [2.75, 3.05) is 0 Å². The molecule has 0 aliphatic carbocycles. The van der Waals surface area contributed by atoms with Crippen molar-refractivity contribution in [2.24, 2.45) is 0 Å². The van der Waals surface area contributed by atoms with Gasteiger partial charge >= 0.3 is 5.97 Å². The number of esters is 1. The number of nitro groups is 1. The van der Waals surface area contributed by atoms with Crippen LogP contribution in [-0.2, 0) is 11.3 Å². The Morgan fingerprint density at radius 3 is 2.70 bits per heavy atom. The molecule has 0 spiro atoms. The van der Waals surface area contributed by atoms with Gasteiger partial charge < -0.3 is 4.74 Å². The highest BCUT2D eigenvalue weighted by molar-refractivity contribution is 5.72. The van der Waals surface area contributed by atoms with Crippen LogP contribution in [0.15, 0.2) is 18.2 Å². The maximum absolute atomic E-state index is 14.0. The molecule has 0 saturated carbocycles. The molecule has 7 nitrogen and oxygen atoms in total. The number of nitrogens with zero attached hydrogens (tertiary/aromatic N) is 3. The van der Waals surface area contributed by atoms with E-state index in [1.165, 1.54) is 16.8 Å². The van der Waals surface area contributed by atoms with E-state index in [9.17, 15) is 19.3 Å². The number of carbonyl (C=O) groups is 1. The Hall–Kier alpha value is -2.77. The molecule has 0 saturated heterocycles. The lowest BCUT2D eigenvalue weighted by molar-refractivity contribution is -0.385. The summed E-state index contributed by atoms with van der Waals surface area (Å²) in [4.78, 5) is 21.4. The molecule has 2 rings (SSSR count). The molecule has 122 valence electrons. The van der Waals surface area contributed by atoms with Gasteiger partial charge in [-0.05, 0) is 19.9 Å². The van der Waals surface area contributed by atoms with Gasteiger partial charge in [-0.3, -0.25) is 19.6 Å². The molecule has 0 bridgehead atoms. The van der Waals surface area contributed by atoms with Crippen molar-refractivity contribution in [3.05, 3.63) is 51.1 Å². The van der Waals surface area contributed by atoms with Crippen molar-refractivity contribution in [1.82, 2.24) is 9.78 Å². The highest BCUT2D eigenvalue weighted by Crippen LogP contribution is 2.25. The van der Waals surface area contributed by atoms with Crippen LogP contribution in [0.3, 0.4) is 0 Å². The molecule has 2 aromatic rings. The largest absolute Gasteiger partial charge is 0.423 e. The van der Waals surface area contributed by atoms with Crippen LogP contribution in [0.2, 0.25) is 0 Å². The van der Waals surface area contributed by atoms with Gasteiger partial charge in [-0.1, -0.05) is 6.92 Å². The molecule has 0 N–H and O–H groups in total. The number of nitro benzene ring substituents is 1. The minimum Gasteiger partial charge on any atom is -0.423 e. The van der Waals surface area contributed by atoms with Gasteiger partial charge in [-0.25, -0.2) is 4.39 Å². The number of rotatable bonds is 5. The van der Waals surface area contributed by atoms with Crippen LogP contribution in [0.25, 0.3) is 0 Å². The number of benzene rings is 1. The van der Waals surface area contributed by atoms with Gasteiger partial charge in [0, 0.05) is 18.1 Å². The number of non-ortho nitro benzene ring substituents is 1. The maximum Gasteiger partial charge on any atom is 0.311 e. The number of hydrogen-bond acceptors (Lipinski definition) is 5. The molecule has 23 heavy (non-hydrogen) atoms. The molecule has 1 aromatic carbocycles. The van der Waals surface area contributed by atoms with E-state index in [0.29, 0.717) is 17.1 Å². The van der Waals surface area contributed by atoms with Crippen LogP contribution >= 0.6 is 0 Å². The number of aryl methyl sites for hydroxylation is 1. The zero-order chi connectivity index (χ0) is 17.1. The fraction of sp³-hybridized carbons (Fsp3) is 0.333. The lowest BCUT2D eigenvalue weighted by Crippen LogP contribution is -2.08.